The summed E-state index contributed by atoms with van der Waals surface area (Å²) < 4.78 is 27.2. The fourth-order valence-corrected chi connectivity index (χ4v) is 4.52. The van der Waals surface area contributed by atoms with E-state index in [0.717, 1.165) is 31.6 Å². The van der Waals surface area contributed by atoms with Gasteiger partial charge < -0.3 is 10.2 Å². The van der Waals surface area contributed by atoms with Gasteiger partial charge in [0.1, 0.15) is 0 Å². The Labute approximate surface area is 127 Å². The molecule has 5 nitrogen and oxygen atoms in total. The molecule has 0 aliphatic carbocycles. The van der Waals surface area contributed by atoms with Crippen molar-refractivity contribution in [3.8, 4) is 0 Å². The highest BCUT2D eigenvalue weighted by atomic mass is 32.2. The molecule has 2 aliphatic heterocycles. The van der Waals surface area contributed by atoms with Gasteiger partial charge in [-0.15, -0.1) is 0 Å². The zero-order valence-corrected chi connectivity index (χ0v) is 13.5. The lowest BCUT2D eigenvalue weighted by Crippen LogP contribution is -2.51. The minimum Gasteiger partial charge on any atom is -0.385 e. The van der Waals surface area contributed by atoms with Crippen LogP contribution in [-0.2, 0) is 16.4 Å². The number of rotatable bonds is 2. The first-order chi connectivity index (χ1) is 9.98. The number of hydrogen-bond acceptors (Lipinski definition) is 4. The molecule has 2 heterocycles. The molecule has 1 aromatic rings. The van der Waals surface area contributed by atoms with Gasteiger partial charge in [0.2, 0.25) is 10.0 Å². The standard InChI is InChI=1S/C15H23N3O2S/c1-12-11-18(9-8-17(12)2)21(19,20)14-6-5-13-4-3-7-16-15(13)10-14/h5-6,10,12,16H,3-4,7-9,11H2,1-2H3. The molecule has 0 bridgehead atoms. The largest absolute Gasteiger partial charge is 0.385 e. The molecule has 1 N–H and O–H groups in total. The second-order valence-electron chi connectivity index (χ2n) is 6.04. The number of nitrogens with zero attached hydrogens (tertiary/aromatic N) is 2. The van der Waals surface area contributed by atoms with Gasteiger partial charge in [0.25, 0.3) is 0 Å². The summed E-state index contributed by atoms with van der Waals surface area (Å²) in [6.45, 7) is 4.89. The average Bonchev–Trinajstić information content (AvgIpc) is 2.49. The van der Waals surface area contributed by atoms with Crippen molar-refractivity contribution in [3.63, 3.8) is 0 Å². The van der Waals surface area contributed by atoms with Crippen LogP contribution in [0.2, 0.25) is 0 Å². The number of aryl methyl sites for hydroxylation is 1. The number of anilines is 1. The summed E-state index contributed by atoms with van der Waals surface area (Å²) in [6.07, 6.45) is 2.13. The van der Waals surface area contributed by atoms with Gasteiger partial charge in [0.05, 0.1) is 4.90 Å². The molecule has 0 amide bonds. The fraction of sp³-hybridized carbons (Fsp3) is 0.600. The Bertz CT molecular complexity index is 630. The molecule has 116 valence electrons. The van der Waals surface area contributed by atoms with Gasteiger partial charge in [-0.3, -0.25) is 0 Å². The van der Waals surface area contributed by atoms with E-state index >= 15 is 0 Å². The van der Waals surface area contributed by atoms with Crippen molar-refractivity contribution in [1.82, 2.24) is 9.21 Å². The molecule has 1 fully saturated rings. The van der Waals surface area contributed by atoms with Gasteiger partial charge in [-0.25, -0.2) is 8.42 Å². The Morgan fingerprint density at radius 1 is 1.29 bits per heavy atom. The molecular formula is C15H23N3O2S. The lowest BCUT2D eigenvalue weighted by atomic mass is 10.0. The summed E-state index contributed by atoms with van der Waals surface area (Å²) in [6, 6.07) is 5.76. The normalized spacial score (nSPS) is 24.4. The van der Waals surface area contributed by atoms with Crippen LogP contribution in [0.1, 0.15) is 18.9 Å². The molecule has 1 saturated heterocycles. The van der Waals surface area contributed by atoms with Crippen LogP contribution in [0.3, 0.4) is 0 Å². The number of likely N-dealkylation sites (N-methyl/N-ethyl adjacent to an activating group) is 1. The van der Waals surface area contributed by atoms with Crippen LogP contribution in [0.4, 0.5) is 5.69 Å². The van der Waals surface area contributed by atoms with Crippen LogP contribution in [0.25, 0.3) is 0 Å². The van der Waals surface area contributed by atoms with Crippen molar-refractivity contribution in [2.45, 2.75) is 30.7 Å². The molecule has 21 heavy (non-hydrogen) atoms. The zero-order chi connectivity index (χ0) is 15.0. The van der Waals surface area contributed by atoms with Crippen LogP contribution >= 0.6 is 0 Å². The molecule has 0 saturated carbocycles. The molecule has 1 atom stereocenters. The first kappa shape index (κ1) is 14.8. The predicted molar refractivity (Wildman–Crippen MR) is 84.1 cm³/mol. The Balaban J connectivity index is 1.88. The summed E-state index contributed by atoms with van der Waals surface area (Å²) in [5.74, 6) is 0. The fourth-order valence-electron chi connectivity index (χ4n) is 2.98. The van der Waals surface area contributed by atoms with Crippen molar-refractivity contribution in [2.24, 2.45) is 0 Å². The SMILES string of the molecule is CC1CN(S(=O)(=O)c2ccc3c(c2)NCCC3)CCN1C. The zero-order valence-electron chi connectivity index (χ0n) is 12.7. The number of sulfonamides is 1. The van der Waals surface area contributed by atoms with E-state index in [1.54, 1.807) is 16.4 Å². The first-order valence-electron chi connectivity index (χ1n) is 7.55. The van der Waals surface area contributed by atoms with Gasteiger partial charge >= 0.3 is 0 Å². The van der Waals surface area contributed by atoms with E-state index in [-0.39, 0.29) is 6.04 Å². The summed E-state index contributed by atoms with van der Waals surface area (Å²) >= 11 is 0. The van der Waals surface area contributed by atoms with Crippen molar-refractivity contribution >= 4 is 15.7 Å². The van der Waals surface area contributed by atoms with E-state index < -0.39 is 10.0 Å². The molecule has 0 radical (unpaired) electrons. The second-order valence-corrected chi connectivity index (χ2v) is 7.98. The van der Waals surface area contributed by atoms with Gasteiger partial charge in [-0.05, 0) is 44.5 Å². The number of fused-ring (bicyclic) bond motifs is 1. The number of nitrogens with one attached hydrogen (secondary N) is 1. The molecule has 6 heteroatoms. The highest BCUT2D eigenvalue weighted by molar-refractivity contribution is 7.89. The highest BCUT2D eigenvalue weighted by Gasteiger charge is 2.31. The minimum absolute atomic E-state index is 0.254. The number of piperazine rings is 1. The van der Waals surface area contributed by atoms with Crippen LogP contribution in [0.15, 0.2) is 23.1 Å². The van der Waals surface area contributed by atoms with Crippen molar-refractivity contribution < 1.29 is 8.42 Å². The Morgan fingerprint density at radius 2 is 2.10 bits per heavy atom. The average molecular weight is 309 g/mol. The first-order valence-corrected chi connectivity index (χ1v) is 8.99. The topological polar surface area (TPSA) is 52.7 Å². The summed E-state index contributed by atoms with van der Waals surface area (Å²) in [7, 11) is -1.35. The van der Waals surface area contributed by atoms with Crippen molar-refractivity contribution in [2.75, 3.05) is 38.5 Å². The summed E-state index contributed by atoms with van der Waals surface area (Å²) in [5.41, 5.74) is 2.19. The van der Waals surface area contributed by atoms with E-state index in [0.29, 0.717) is 18.0 Å². The van der Waals surface area contributed by atoms with E-state index in [9.17, 15) is 8.42 Å². The molecule has 0 spiro atoms. The molecular weight excluding hydrogens is 286 g/mol. The van der Waals surface area contributed by atoms with Crippen molar-refractivity contribution in [1.29, 1.82) is 0 Å². The van der Waals surface area contributed by atoms with Gasteiger partial charge in [0.15, 0.2) is 0 Å². The third kappa shape index (κ3) is 2.80. The smallest absolute Gasteiger partial charge is 0.243 e. The van der Waals surface area contributed by atoms with Crippen LogP contribution < -0.4 is 5.32 Å². The van der Waals surface area contributed by atoms with Gasteiger partial charge in [-0.2, -0.15) is 4.31 Å². The Kier molecular flexibility index (Phi) is 3.94. The van der Waals surface area contributed by atoms with E-state index in [1.165, 1.54) is 5.56 Å². The molecule has 0 aromatic heterocycles. The lowest BCUT2D eigenvalue weighted by molar-refractivity contribution is 0.159. The molecule has 1 unspecified atom stereocenters. The van der Waals surface area contributed by atoms with E-state index in [2.05, 4.69) is 17.1 Å². The quantitative estimate of drug-likeness (QED) is 0.896. The van der Waals surface area contributed by atoms with Crippen LogP contribution in [-0.4, -0.2) is 56.9 Å². The Hall–Kier alpha value is -1.11. The maximum absolute atomic E-state index is 12.8. The molecule has 3 rings (SSSR count). The minimum atomic E-state index is -3.39. The third-order valence-corrected chi connectivity index (χ3v) is 6.44. The summed E-state index contributed by atoms with van der Waals surface area (Å²) in [4.78, 5) is 2.60. The van der Waals surface area contributed by atoms with Crippen molar-refractivity contribution in [3.05, 3.63) is 23.8 Å². The maximum Gasteiger partial charge on any atom is 0.243 e. The lowest BCUT2D eigenvalue weighted by Gasteiger charge is -2.36. The molecule has 2 aliphatic rings. The third-order valence-electron chi connectivity index (χ3n) is 4.58. The highest BCUT2D eigenvalue weighted by Crippen LogP contribution is 2.27. The van der Waals surface area contributed by atoms with Gasteiger partial charge in [0, 0.05) is 37.9 Å². The summed E-state index contributed by atoms with van der Waals surface area (Å²) in [5, 5.41) is 3.30. The number of hydrogen-bond donors (Lipinski definition) is 1. The second kappa shape index (κ2) is 5.59. The Morgan fingerprint density at radius 3 is 2.86 bits per heavy atom. The van der Waals surface area contributed by atoms with Crippen LogP contribution in [0.5, 0.6) is 0 Å². The van der Waals surface area contributed by atoms with E-state index in [1.807, 2.05) is 13.1 Å². The van der Waals surface area contributed by atoms with Crippen LogP contribution in [0, 0.1) is 0 Å². The molecule has 1 aromatic carbocycles. The maximum atomic E-state index is 12.8. The van der Waals surface area contributed by atoms with Gasteiger partial charge in [-0.1, -0.05) is 6.07 Å². The monoisotopic (exact) mass is 309 g/mol. The predicted octanol–water partition coefficient (Wildman–Crippen LogP) is 1.37. The number of benzene rings is 1. The van der Waals surface area contributed by atoms with E-state index in [4.69, 9.17) is 0 Å².